The van der Waals surface area contributed by atoms with Crippen LogP contribution >= 0.6 is 11.7 Å². The number of amides is 2. The predicted molar refractivity (Wildman–Crippen MR) is 122 cm³/mol. The van der Waals surface area contributed by atoms with Crippen molar-refractivity contribution >= 4 is 23.5 Å². The molecule has 1 aliphatic heterocycles. The van der Waals surface area contributed by atoms with Crippen molar-refractivity contribution < 1.29 is 18.7 Å². The zero-order valence-corrected chi connectivity index (χ0v) is 18.9. The summed E-state index contributed by atoms with van der Waals surface area (Å²) in [5.74, 6) is -0.0999. The fourth-order valence-corrected chi connectivity index (χ4v) is 4.27. The van der Waals surface area contributed by atoms with E-state index in [1.165, 1.54) is 12.3 Å². The maximum absolute atomic E-state index is 13.8. The molecule has 1 aliphatic rings. The monoisotopic (exact) mass is 468 g/mol. The molecule has 0 radical (unpaired) electrons. The summed E-state index contributed by atoms with van der Waals surface area (Å²) in [6.45, 7) is 1.17. The van der Waals surface area contributed by atoms with Gasteiger partial charge in [0.05, 0.1) is 24.5 Å². The Morgan fingerprint density at radius 1 is 1.21 bits per heavy atom. The summed E-state index contributed by atoms with van der Waals surface area (Å²) in [4.78, 5) is 27.5. The van der Waals surface area contributed by atoms with E-state index in [-0.39, 0.29) is 29.9 Å². The van der Waals surface area contributed by atoms with Crippen LogP contribution < -0.4 is 10.1 Å². The normalized spacial score (nSPS) is 16.0. The summed E-state index contributed by atoms with van der Waals surface area (Å²) in [6.07, 6.45) is 4.20. The van der Waals surface area contributed by atoms with E-state index in [0.29, 0.717) is 37.3 Å². The third-order valence-electron chi connectivity index (χ3n) is 5.57. The number of hydrogen-bond donors (Lipinski definition) is 1. The highest BCUT2D eigenvalue weighted by molar-refractivity contribution is 6.99. The number of aromatic nitrogens is 2. The molecule has 172 valence electrons. The minimum Gasteiger partial charge on any atom is -0.493 e. The van der Waals surface area contributed by atoms with Gasteiger partial charge in [-0.05, 0) is 48.6 Å². The van der Waals surface area contributed by atoms with Gasteiger partial charge >= 0.3 is 0 Å². The second-order valence-corrected chi connectivity index (χ2v) is 8.42. The second-order valence-electron chi connectivity index (χ2n) is 7.87. The molecule has 0 spiro atoms. The molecule has 1 fully saturated rings. The Balaban J connectivity index is 1.48. The summed E-state index contributed by atoms with van der Waals surface area (Å²) >= 11 is 0.959. The van der Waals surface area contributed by atoms with E-state index in [0.717, 1.165) is 30.1 Å². The quantitative estimate of drug-likeness (QED) is 0.546. The molecule has 2 amide bonds. The van der Waals surface area contributed by atoms with Crippen molar-refractivity contribution in [3.05, 3.63) is 77.4 Å². The van der Waals surface area contributed by atoms with Gasteiger partial charge in [0.25, 0.3) is 5.91 Å². The molecule has 2 heterocycles. The topological polar surface area (TPSA) is 84.4 Å². The molecular weight excluding hydrogens is 443 g/mol. The molecule has 0 saturated carbocycles. The Hall–Kier alpha value is -3.33. The third-order valence-corrected chi connectivity index (χ3v) is 6.05. The first kappa shape index (κ1) is 22.8. The Bertz CT molecular complexity index is 1090. The van der Waals surface area contributed by atoms with E-state index in [4.69, 9.17) is 4.74 Å². The van der Waals surface area contributed by atoms with Gasteiger partial charge in [0.15, 0.2) is 5.69 Å². The third kappa shape index (κ3) is 5.92. The lowest BCUT2D eigenvalue weighted by Crippen LogP contribution is -2.48. The molecule has 1 atom stereocenters. The van der Waals surface area contributed by atoms with Gasteiger partial charge in [-0.1, -0.05) is 30.3 Å². The van der Waals surface area contributed by atoms with Gasteiger partial charge in [-0.25, -0.2) is 4.39 Å². The molecule has 4 rings (SSSR count). The lowest BCUT2D eigenvalue weighted by molar-refractivity contribution is -0.125. The standard InChI is InChI=1S/C24H25FN4O3S/c25-20-9-2-1-7-18(20)11-13-32-19-8-5-6-17(14-19)16-29(24(31)21-15-27-33-28-21)22-10-3-4-12-26-23(22)30/h1-2,5-9,14-15,22H,3-4,10-13,16H2,(H,26,30)/t22-/m0/s1. The van der Waals surface area contributed by atoms with Gasteiger partial charge in [-0.2, -0.15) is 8.75 Å². The van der Waals surface area contributed by atoms with Crippen LogP contribution in [-0.2, 0) is 17.8 Å². The average Bonchev–Trinajstić information content (AvgIpc) is 3.28. The largest absolute Gasteiger partial charge is 0.493 e. The number of ether oxygens (including phenoxy) is 1. The van der Waals surface area contributed by atoms with Crippen molar-refractivity contribution in [2.75, 3.05) is 13.2 Å². The van der Waals surface area contributed by atoms with Crippen molar-refractivity contribution in [3.8, 4) is 5.75 Å². The van der Waals surface area contributed by atoms with E-state index in [2.05, 4.69) is 14.1 Å². The zero-order valence-electron chi connectivity index (χ0n) is 18.1. The van der Waals surface area contributed by atoms with Crippen LogP contribution in [0.5, 0.6) is 5.75 Å². The van der Waals surface area contributed by atoms with Gasteiger partial charge in [0, 0.05) is 19.5 Å². The molecule has 2 aromatic carbocycles. The average molecular weight is 469 g/mol. The van der Waals surface area contributed by atoms with Gasteiger partial charge < -0.3 is 15.0 Å². The van der Waals surface area contributed by atoms with Crippen LogP contribution in [0.1, 0.15) is 40.9 Å². The highest BCUT2D eigenvalue weighted by atomic mass is 32.1. The van der Waals surface area contributed by atoms with Crippen LogP contribution in [0.15, 0.2) is 54.7 Å². The number of nitrogens with zero attached hydrogens (tertiary/aromatic N) is 3. The summed E-state index contributed by atoms with van der Waals surface area (Å²) in [7, 11) is 0. The number of halogens is 1. The molecule has 9 heteroatoms. The van der Waals surface area contributed by atoms with E-state index in [1.54, 1.807) is 23.1 Å². The van der Waals surface area contributed by atoms with Crippen LogP contribution in [0.3, 0.4) is 0 Å². The maximum atomic E-state index is 13.8. The zero-order chi connectivity index (χ0) is 23.0. The van der Waals surface area contributed by atoms with E-state index >= 15 is 0 Å². The molecule has 1 aromatic heterocycles. The van der Waals surface area contributed by atoms with E-state index in [9.17, 15) is 14.0 Å². The second kappa shape index (κ2) is 11.0. The SMILES string of the molecule is O=C1NCCCC[C@@H]1N(Cc1cccc(OCCc2ccccc2F)c1)C(=O)c1cnsn1. The molecule has 7 nitrogen and oxygen atoms in total. The van der Waals surface area contributed by atoms with Gasteiger partial charge in [0.2, 0.25) is 5.91 Å². The predicted octanol–water partition coefficient (Wildman–Crippen LogP) is 3.61. The lowest BCUT2D eigenvalue weighted by atomic mass is 10.1. The molecule has 1 saturated heterocycles. The summed E-state index contributed by atoms with van der Waals surface area (Å²) < 4.78 is 27.7. The van der Waals surface area contributed by atoms with Gasteiger partial charge in [-0.3, -0.25) is 9.59 Å². The Morgan fingerprint density at radius 2 is 2.09 bits per heavy atom. The first-order chi connectivity index (χ1) is 16.1. The summed E-state index contributed by atoms with van der Waals surface area (Å²) in [5.41, 5.74) is 1.66. The lowest BCUT2D eigenvalue weighted by Gasteiger charge is -2.29. The van der Waals surface area contributed by atoms with Gasteiger partial charge in [-0.15, -0.1) is 0 Å². The van der Waals surface area contributed by atoms with Crippen LogP contribution in [0.2, 0.25) is 0 Å². The fraction of sp³-hybridized carbons (Fsp3) is 0.333. The molecular formula is C24H25FN4O3S. The Labute approximate surface area is 195 Å². The molecule has 33 heavy (non-hydrogen) atoms. The minimum absolute atomic E-state index is 0.152. The molecule has 0 aliphatic carbocycles. The van der Waals surface area contributed by atoms with E-state index in [1.807, 2.05) is 24.3 Å². The van der Waals surface area contributed by atoms with Crippen molar-refractivity contribution in [3.63, 3.8) is 0 Å². The Kier molecular flexibility index (Phi) is 7.62. The number of hydrogen-bond acceptors (Lipinski definition) is 6. The maximum Gasteiger partial charge on any atom is 0.276 e. The first-order valence-electron chi connectivity index (χ1n) is 10.9. The fourth-order valence-electron chi connectivity index (χ4n) is 3.86. The summed E-state index contributed by atoms with van der Waals surface area (Å²) in [5, 5.41) is 2.90. The number of nitrogens with one attached hydrogen (secondary N) is 1. The van der Waals surface area contributed by atoms with E-state index < -0.39 is 6.04 Å². The van der Waals surface area contributed by atoms with Gasteiger partial charge in [0.1, 0.15) is 17.6 Å². The minimum atomic E-state index is -0.577. The first-order valence-corrected chi connectivity index (χ1v) is 11.7. The Morgan fingerprint density at radius 3 is 2.91 bits per heavy atom. The van der Waals surface area contributed by atoms with Crippen molar-refractivity contribution in [2.24, 2.45) is 0 Å². The molecule has 0 unspecified atom stereocenters. The number of rotatable bonds is 8. The summed E-state index contributed by atoms with van der Waals surface area (Å²) in [6, 6.07) is 13.4. The van der Waals surface area contributed by atoms with Crippen LogP contribution in [-0.4, -0.2) is 44.7 Å². The molecule has 1 N–H and O–H groups in total. The van der Waals surface area contributed by atoms with Crippen molar-refractivity contribution in [1.82, 2.24) is 19.0 Å². The van der Waals surface area contributed by atoms with Crippen molar-refractivity contribution in [2.45, 2.75) is 38.3 Å². The highest BCUT2D eigenvalue weighted by Crippen LogP contribution is 2.21. The smallest absolute Gasteiger partial charge is 0.276 e. The van der Waals surface area contributed by atoms with Crippen LogP contribution in [0.4, 0.5) is 4.39 Å². The van der Waals surface area contributed by atoms with Crippen LogP contribution in [0, 0.1) is 5.82 Å². The van der Waals surface area contributed by atoms with Crippen molar-refractivity contribution in [1.29, 1.82) is 0 Å². The number of benzene rings is 2. The van der Waals surface area contributed by atoms with Crippen LogP contribution in [0.25, 0.3) is 0 Å². The molecule has 0 bridgehead atoms. The number of carbonyl (C=O) groups excluding carboxylic acids is 2. The number of carbonyl (C=O) groups is 2. The highest BCUT2D eigenvalue weighted by Gasteiger charge is 2.32. The molecule has 3 aromatic rings.